The SMILES string of the molecule is CNC(=O)C1(NC(=O)C2=NO[C@H](c3ccccc3)C2)CCCCC1. The van der Waals surface area contributed by atoms with Gasteiger partial charge in [0, 0.05) is 13.5 Å². The molecule has 6 nitrogen and oxygen atoms in total. The number of hydrogen-bond donors (Lipinski definition) is 2. The molecule has 2 N–H and O–H groups in total. The third-order valence-electron chi connectivity index (χ3n) is 4.82. The minimum Gasteiger partial charge on any atom is -0.387 e. The van der Waals surface area contributed by atoms with Crippen molar-refractivity contribution in [2.24, 2.45) is 5.16 Å². The maximum atomic E-state index is 12.6. The van der Waals surface area contributed by atoms with Crippen LogP contribution in [0.2, 0.25) is 0 Å². The van der Waals surface area contributed by atoms with Crippen molar-refractivity contribution in [3.63, 3.8) is 0 Å². The van der Waals surface area contributed by atoms with E-state index in [1.807, 2.05) is 30.3 Å². The summed E-state index contributed by atoms with van der Waals surface area (Å²) < 4.78 is 0. The zero-order valence-electron chi connectivity index (χ0n) is 13.9. The molecule has 1 saturated carbocycles. The predicted octanol–water partition coefficient (Wildman–Crippen LogP) is 2.07. The third-order valence-corrected chi connectivity index (χ3v) is 4.82. The van der Waals surface area contributed by atoms with Gasteiger partial charge in [-0.15, -0.1) is 0 Å². The topological polar surface area (TPSA) is 79.8 Å². The number of nitrogens with one attached hydrogen (secondary N) is 2. The molecular formula is C18H23N3O3. The molecule has 1 atom stereocenters. The molecule has 1 heterocycles. The van der Waals surface area contributed by atoms with Crippen LogP contribution in [0, 0.1) is 0 Å². The Morgan fingerprint density at radius 2 is 1.88 bits per heavy atom. The van der Waals surface area contributed by atoms with Gasteiger partial charge in [-0.05, 0) is 18.4 Å². The van der Waals surface area contributed by atoms with Gasteiger partial charge in [0.2, 0.25) is 5.91 Å². The zero-order valence-corrected chi connectivity index (χ0v) is 13.9. The van der Waals surface area contributed by atoms with E-state index < -0.39 is 5.54 Å². The second-order valence-electron chi connectivity index (χ2n) is 6.42. The lowest BCUT2D eigenvalue weighted by Gasteiger charge is -2.36. The molecule has 1 aliphatic heterocycles. The molecule has 1 aromatic rings. The zero-order chi connectivity index (χ0) is 17.0. The molecule has 24 heavy (non-hydrogen) atoms. The summed E-state index contributed by atoms with van der Waals surface area (Å²) in [6.07, 6.45) is 4.46. The average molecular weight is 329 g/mol. The number of oxime groups is 1. The molecule has 128 valence electrons. The average Bonchev–Trinajstić information content (AvgIpc) is 3.13. The molecule has 0 radical (unpaired) electrons. The molecule has 0 aromatic heterocycles. The standard InChI is InChI=1S/C18H23N3O3/c1-19-17(23)18(10-6-3-7-11-18)20-16(22)14-12-15(24-21-14)13-8-4-2-5-9-13/h2,4-5,8-9,15H,3,6-7,10-12H2,1H3,(H,19,23)(H,20,22)/t15-/m0/s1. The van der Waals surface area contributed by atoms with Crippen LogP contribution in [0.1, 0.15) is 50.2 Å². The lowest BCUT2D eigenvalue weighted by molar-refractivity contribution is -0.132. The van der Waals surface area contributed by atoms with E-state index in [0.29, 0.717) is 25.0 Å². The summed E-state index contributed by atoms with van der Waals surface area (Å²) in [7, 11) is 1.60. The van der Waals surface area contributed by atoms with Crippen molar-refractivity contribution in [3.8, 4) is 0 Å². The van der Waals surface area contributed by atoms with E-state index in [2.05, 4.69) is 15.8 Å². The Morgan fingerprint density at radius 3 is 2.54 bits per heavy atom. The van der Waals surface area contributed by atoms with Gasteiger partial charge in [-0.3, -0.25) is 9.59 Å². The third kappa shape index (κ3) is 3.27. The number of benzene rings is 1. The van der Waals surface area contributed by atoms with Gasteiger partial charge in [-0.2, -0.15) is 0 Å². The summed E-state index contributed by atoms with van der Waals surface area (Å²) in [5.74, 6) is -0.436. The summed E-state index contributed by atoms with van der Waals surface area (Å²) in [4.78, 5) is 30.4. The van der Waals surface area contributed by atoms with Crippen LogP contribution in [0.15, 0.2) is 35.5 Å². The molecule has 3 rings (SSSR count). The van der Waals surface area contributed by atoms with E-state index in [4.69, 9.17) is 4.84 Å². The van der Waals surface area contributed by atoms with Crippen LogP contribution in [-0.4, -0.2) is 30.1 Å². The monoisotopic (exact) mass is 329 g/mol. The van der Waals surface area contributed by atoms with Crippen LogP contribution in [0.25, 0.3) is 0 Å². The molecule has 6 heteroatoms. The van der Waals surface area contributed by atoms with Crippen molar-refractivity contribution in [2.75, 3.05) is 7.05 Å². The number of rotatable bonds is 4. The second kappa shape index (κ2) is 7.03. The quantitative estimate of drug-likeness (QED) is 0.887. The summed E-state index contributed by atoms with van der Waals surface area (Å²) in [6.45, 7) is 0. The molecule has 0 unspecified atom stereocenters. The van der Waals surface area contributed by atoms with Crippen molar-refractivity contribution in [2.45, 2.75) is 50.2 Å². The highest BCUT2D eigenvalue weighted by atomic mass is 16.6. The molecule has 1 aliphatic carbocycles. The number of nitrogens with zero attached hydrogens (tertiary/aromatic N) is 1. The lowest BCUT2D eigenvalue weighted by atomic mass is 9.80. The predicted molar refractivity (Wildman–Crippen MR) is 90.3 cm³/mol. The van der Waals surface area contributed by atoms with Gasteiger partial charge in [-0.1, -0.05) is 54.8 Å². The highest BCUT2D eigenvalue weighted by Crippen LogP contribution is 2.30. The first kappa shape index (κ1) is 16.5. The first-order chi connectivity index (χ1) is 11.6. The van der Waals surface area contributed by atoms with E-state index in [1.54, 1.807) is 7.05 Å². The van der Waals surface area contributed by atoms with E-state index in [9.17, 15) is 9.59 Å². The Bertz CT molecular complexity index is 636. The summed E-state index contributed by atoms with van der Waals surface area (Å²) in [5.41, 5.74) is 0.512. The number of hydrogen-bond acceptors (Lipinski definition) is 4. The minimum atomic E-state index is -0.822. The van der Waals surface area contributed by atoms with Gasteiger partial charge >= 0.3 is 0 Å². The maximum absolute atomic E-state index is 12.6. The molecule has 2 aliphatic rings. The fourth-order valence-electron chi connectivity index (χ4n) is 3.45. The van der Waals surface area contributed by atoms with Crippen molar-refractivity contribution in [1.29, 1.82) is 0 Å². The Hall–Kier alpha value is -2.37. The van der Waals surface area contributed by atoms with Gasteiger partial charge in [0.25, 0.3) is 5.91 Å². The largest absolute Gasteiger partial charge is 0.387 e. The fraction of sp³-hybridized carbons (Fsp3) is 0.500. The summed E-state index contributed by atoms with van der Waals surface area (Å²) >= 11 is 0. The van der Waals surface area contributed by atoms with Gasteiger partial charge in [0.15, 0.2) is 6.10 Å². The van der Waals surface area contributed by atoms with E-state index >= 15 is 0 Å². The van der Waals surface area contributed by atoms with Crippen molar-refractivity contribution < 1.29 is 14.4 Å². The number of carbonyl (C=O) groups is 2. The smallest absolute Gasteiger partial charge is 0.270 e. The molecule has 1 aromatic carbocycles. The van der Waals surface area contributed by atoms with Gasteiger partial charge < -0.3 is 15.5 Å². The maximum Gasteiger partial charge on any atom is 0.270 e. The number of likely N-dealkylation sites (N-methyl/N-ethyl adjacent to an activating group) is 1. The first-order valence-corrected chi connectivity index (χ1v) is 8.47. The first-order valence-electron chi connectivity index (χ1n) is 8.47. The highest BCUT2D eigenvalue weighted by Gasteiger charge is 2.41. The fourth-order valence-corrected chi connectivity index (χ4v) is 3.45. The Kier molecular flexibility index (Phi) is 4.83. The van der Waals surface area contributed by atoms with Crippen molar-refractivity contribution in [1.82, 2.24) is 10.6 Å². The van der Waals surface area contributed by atoms with E-state index in [-0.39, 0.29) is 17.9 Å². The van der Waals surface area contributed by atoms with Gasteiger partial charge in [-0.25, -0.2) is 0 Å². The molecule has 0 bridgehead atoms. The Morgan fingerprint density at radius 1 is 1.17 bits per heavy atom. The van der Waals surface area contributed by atoms with Crippen LogP contribution in [0.5, 0.6) is 0 Å². The normalized spacial score (nSPS) is 22.2. The molecule has 0 saturated heterocycles. The van der Waals surface area contributed by atoms with E-state index in [1.165, 1.54) is 0 Å². The van der Waals surface area contributed by atoms with Crippen LogP contribution in [-0.2, 0) is 14.4 Å². The van der Waals surface area contributed by atoms with Gasteiger partial charge in [0.05, 0.1) is 0 Å². The Balaban J connectivity index is 1.67. The second-order valence-corrected chi connectivity index (χ2v) is 6.42. The molecule has 1 fully saturated rings. The van der Waals surface area contributed by atoms with E-state index in [0.717, 1.165) is 24.8 Å². The summed E-state index contributed by atoms with van der Waals surface area (Å²) in [6, 6.07) is 9.70. The molecule has 2 amide bonds. The van der Waals surface area contributed by atoms with Crippen molar-refractivity contribution in [3.05, 3.63) is 35.9 Å². The number of carbonyl (C=O) groups excluding carboxylic acids is 2. The highest BCUT2D eigenvalue weighted by molar-refractivity contribution is 6.39. The summed E-state index contributed by atoms with van der Waals surface area (Å²) in [5, 5.41) is 9.56. The Labute approximate surface area is 141 Å². The lowest BCUT2D eigenvalue weighted by Crippen LogP contribution is -2.60. The van der Waals surface area contributed by atoms with Crippen molar-refractivity contribution >= 4 is 17.5 Å². The van der Waals surface area contributed by atoms with Crippen LogP contribution >= 0.6 is 0 Å². The number of amides is 2. The van der Waals surface area contributed by atoms with Crippen LogP contribution < -0.4 is 10.6 Å². The van der Waals surface area contributed by atoms with Gasteiger partial charge in [0.1, 0.15) is 11.3 Å². The van der Waals surface area contributed by atoms with Crippen LogP contribution in [0.3, 0.4) is 0 Å². The van der Waals surface area contributed by atoms with Crippen LogP contribution in [0.4, 0.5) is 0 Å². The molecule has 0 spiro atoms. The minimum absolute atomic E-state index is 0.130. The molecular weight excluding hydrogens is 306 g/mol.